The molecule has 72 valence electrons. The Hall–Kier alpha value is -2.58. The zero-order valence-electron chi connectivity index (χ0n) is 6.91. The summed E-state index contributed by atoms with van der Waals surface area (Å²) in [6, 6.07) is 0. The number of hydrogen-bond donors (Lipinski definition) is 0. The maximum Gasteiger partial charge on any atom is 0.169 e. The zero-order valence-corrected chi connectivity index (χ0v) is 6.91. The molecule has 0 saturated heterocycles. The number of nitrogens with zero attached hydrogens (tertiary/aromatic N) is 6. The van der Waals surface area contributed by atoms with Crippen LogP contribution in [0.1, 0.15) is 0 Å². The molecule has 9 heteroatoms. The Morgan fingerprint density at radius 3 is 0.800 bits per heavy atom. The van der Waals surface area contributed by atoms with E-state index >= 15 is 0 Å². The molecule has 0 radical (unpaired) electrons. The van der Waals surface area contributed by atoms with E-state index < -0.39 is 0 Å². The monoisotopic (exact) mass is 204 g/mol. The van der Waals surface area contributed by atoms with Crippen LogP contribution in [-0.4, -0.2) is 30.9 Å². The quantitative estimate of drug-likeness (QED) is 0.398. The van der Waals surface area contributed by atoms with Gasteiger partial charge in [-0.2, -0.15) is 0 Å². The molecule has 0 atom stereocenters. The Labute approximate surface area is 78.9 Å². The highest BCUT2D eigenvalue weighted by Gasteiger charge is 2.20. The highest BCUT2D eigenvalue weighted by atomic mass is 16.6. The average molecular weight is 204 g/mol. The lowest BCUT2D eigenvalue weighted by Gasteiger charge is -1.84. The smallest absolute Gasteiger partial charge is 0.169 e. The molecule has 0 bridgehead atoms. The highest BCUT2D eigenvalue weighted by molar-refractivity contribution is 6.17. The Morgan fingerprint density at radius 2 is 0.600 bits per heavy atom. The minimum atomic E-state index is 0.425. The van der Waals surface area contributed by atoms with Crippen molar-refractivity contribution < 1.29 is 13.9 Å². The summed E-state index contributed by atoms with van der Waals surface area (Å²) in [5.41, 5.74) is 2.55. The molecule has 0 fully saturated rings. The van der Waals surface area contributed by atoms with Crippen molar-refractivity contribution in [1.82, 2.24) is 30.9 Å². The molecule has 0 aliphatic carbocycles. The van der Waals surface area contributed by atoms with Crippen LogP contribution < -0.4 is 0 Å². The van der Waals surface area contributed by atoms with E-state index in [2.05, 4.69) is 44.8 Å². The lowest BCUT2D eigenvalue weighted by Crippen LogP contribution is -1.79. The summed E-state index contributed by atoms with van der Waals surface area (Å²) in [5, 5.41) is 22.1. The normalized spacial score (nSPS) is 12.0. The minimum absolute atomic E-state index is 0.425. The van der Waals surface area contributed by atoms with E-state index in [-0.39, 0.29) is 0 Å². The predicted molar refractivity (Wildman–Crippen MR) is 42.5 cm³/mol. The lowest BCUT2D eigenvalue weighted by atomic mass is 10.2. The molecule has 1 aromatic carbocycles. The van der Waals surface area contributed by atoms with Crippen molar-refractivity contribution in [2.24, 2.45) is 0 Å². The van der Waals surface area contributed by atoms with Crippen LogP contribution in [-0.2, 0) is 0 Å². The molecule has 0 aliphatic rings. The molecule has 0 spiro atoms. The number of fused-ring (bicyclic) bond motifs is 6. The first-order chi connectivity index (χ1) is 7.45. The van der Waals surface area contributed by atoms with Gasteiger partial charge in [0.15, 0.2) is 33.1 Å². The van der Waals surface area contributed by atoms with Crippen LogP contribution in [0, 0.1) is 0 Å². The lowest BCUT2D eigenvalue weighted by molar-refractivity contribution is 0.312. The topological polar surface area (TPSA) is 117 Å². The maximum absolute atomic E-state index is 4.60. The van der Waals surface area contributed by atoms with Crippen LogP contribution in [0.25, 0.3) is 33.1 Å². The Morgan fingerprint density at radius 1 is 0.400 bits per heavy atom. The Balaban J connectivity index is 2.56. The van der Waals surface area contributed by atoms with Crippen molar-refractivity contribution in [3.63, 3.8) is 0 Å². The second-order valence-corrected chi connectivity index (χ2v) is 2.88. The van der Waals surface area contributed by atoms with Gasteiger partial charge in [-0.3, -0.25) is 0 Å². The Kier molecular flexibility index (Phi) is 0.944. The van der Waals surface area contributed by atoms with Crippen LogP contribution in [0.15, 0.2) is 13.9 Å². The van der Waals surface area contributed by atoms with Crippen molar-refractivity contribution in [1.29, 1.82) is 0 Å². The molecule has 0 aliphatic heterocycles. The molecule has 9 nitrogen and oxygen atoms in total. The van der Waals surface area contributed by atoms with Gasteiger partial charge in [0.05, 0.1) is 0 Å². The van der Waals surface area contributed by atoms with Gasteiger partial charge in [0.25, 0.3) is 0 Å². The first-order valence-corrected chi connectivity index (χ1v) is 3.94. The maximum atomic E-state index is 4.60. The summed E-state index contributed by atoms with van der Waals surface area (Å²) in [4.78, 5) is 0. The summed E-state index contributed by atoms with van der Waals surface area (Å²) in [5.74, 6) is 0. The van der Waals surface area contributed by atoms with Gasteiger partial charge in [-0.25, -0.2) is 13.9 Å². The van der Waals surface area contributed by atoms with Crippen molar-refractivity contribution in [3.8, 4) is 0 Å². The summed E-state index contributed by atoms with van der Waals surface area (Å²) in [7, 11) is 0. The fourth-order valence-electron chi connectivity index (χ4n) is 1.50. The third-order valence-electron chi connectivity index (χ3n) is 2.14. The van der Waals surface area contributed by atoms with Crippen LogP contribution in [0.5, 0.6) is 0 Å². The summed E-state index contributed by atoms with van der Waals surface area (Å²) in [6.07, 6.45) is 0. The first-order valence-electron chi connectivity index (χ1n) is 3.94. The number of benzene rings is 1. The van der Waals surface area contributed by atoms with Crippen molar-refractivity contribution in [2.75, 3.05) is 0 Å². The van der Waals surface area contributed by atoms with E-state index in [4.69, 9.17) is 0 Å². The predicted octanol–water partition coefficient (Wildman–Crippen LogP) is 0.295. The highest BCUT2D eigenvalue weighted by Crippen LogP contribution is 2.28. The van der Waals surface area contributed by atoms with Gasteiger partial charge < -0.3 is 0 Å². The molecule has 4 rings (SSSR count). The fourth-order valence-corrected chi connectivity index (χ4v) is 1.50. The standard InChI is InChI=1S/C6N6O3/c7-1-2(8-13-7)4-6(12-15-11-4)5-3(1)9-14-10-5. The average Bonchev–Trinajstić information content (AvgIpc) is 2.97. The van der Waals surface area contributed by atoms with Crippen LogP contribution >= 0.6 is 0 Å². The fraction of sp³-hybridized carbons (Fsp3) is 0. The number of hydrogen-bond acceptors (Lipinski definition) is 9. The minimum Gasteiger partial charge on any atom is -0.243 e. The first kappa shape index (κ1) is 6.81. The van der Waals surface area contributed by atoms with E-state index in [0.29, 0.717) is 33.1 Å². The van der Waals surface area contributed by atoms with Gasteiger partial charge >= 0.3 is 0 Å². The summed E-state index contributed by atoms with van der Waals surface area (Å²) < 4.78 is 13.8. The van der Waals surface area contributed by atoms with Crippen LogP contribution in [0.3, 0.4) is 0 Å². The summed E-state index contributed by atoms with van der Waals surface area (Å²) in [6.45, 7) is 0. The van der Waals surface area contributed by atoms with Gasteiger partial charge in [-0.05, 0) is 30.9 Å². The largest absolute Gasteiger partial charge is 0.243 e. The van der Waals surface area contributed by atoms with Gasteiger partial charge in [0, 0.05) is 0 Å². The van der Waals surface area contributed by atoms with Crippen LogP contribution in [0.2, 0.25) is 0 Å². The van der Waals surface area contributed by atoms with Crippen molar-refractivity contribution >= 4 is 33.1 Å². The Bertz CT molecular complexity index is 587. The van der Waals surface area contributed by atoms with Gasteiger partial charge in [0.2, 0.25) is 0 Å². The van der Waals surface area contributed by atoms with E-state index in [1.807, 2.05) is 0 Å². The van der Waals surface area contributed by atoms with Gasteiger partial charge in [-0.1, -0.05) is 0 Å². The van der Waals surface area contributed by atoms with E-state index in [9.17, 15) is 0 Å². The molecule has 15 heavy (non-hydrogen) atoms. The molecule has 0 amide bonds. The van der Waals surface area contributed by atoms with E-state index in [0.717, 1.165) is 0 Å². The number of aromatic nitrogens is 6. The van der Waals surface area contributed by atoms with E-state index in [1.165, 1.54) is 0 Å². The van der Waals surface area contributed by atoms with Gasteiger partial charge in [0.1, 0.15) is 0 Å². The van der Waals surface area contributed by atoms with E-state index in [1.54, 1.807) is 0 Å². The molecule has 0 unspecified atom stereocenters. The zero-order chi connectivity index (χ0) is 9.83. The third kappa shape index (κ3) is 0.652. The van der Waals surface area contributed by atoms with Crippen LogP contribution in [0.4, 0.5) is 0 Å². The third-order valence-corrected chi connectivity index (χ3v) is 2.14. The van der Waals surface area contributed by atoms with Crippen molar-refractivity contribution in [3.05, 3.63) is 0 Å². The molecule has 0 saturated carbocycles. The molecule has 4 aromatic rings. The molecule has 3 heterocycles. The molecule has 3 aromatic heterocycles. The van der Waals surface area contributed by atoms with Gasteiger partial charge in [-0.15, -0.1) is 0 Å². The molecular weight excluding hydrogens is 204 g/mol. The molecule has 0 N–H and O–H groups in total. The second kappa shape index (κ2) is 2.08. The van der Waals surface area contributed by atoms with Crippen molar-refractivity contribution in [2.45, 2.75) is 0 Å². The molecular formula is C6N6O3. The summed E-state index contributed by atoms with van der Waals surface area (Å²) >= 11 is 0. The SMILES string of the molecule is n1onc2c1c1nonc1c1nonc21. The number of rotatable bonds is 0. The second-order valence-electron chi connectivity index (χ2n) is 2.88.